The molecule has 1 aromatic heterocycles. The first-order valence-electron chi connectivity index (χ1n) is 8.56. The monoisotopic (exact) mass is 415 g/mol. The van der Waals surface area contributed by atoms with Gasteiger partial charge in [0.15, 0.2) is 28.1 Å². The van der Waals surface area contributed by atoms with Crippen LogP contribution in [0.3, 0.4) is 0 Å². The van der Waals surface area contributed by atoms with Gasteiger partial charge in [0.1, 0.15) is 0 Å². The molecule has 9 heteroatoms. The van der Waals surface area contributed by atoms with Gasteiger partial charge >= 0.3 is 6.03 Å². The summed E-state index contributed by atoms with van der Waals surface area (Å²) < 4.78 is 21.0. The number of carbonyl (C=O) groups excluding carboxylic acids is 1. The minimum atomic E-state index is -0.412. The summed E-state index contributed by atoms with van der Waals surface area (Å²) in [7, 11) is 6.25. The number of hydrogen-bond donors (Lipinski definition) is 2. The van der Waals surface area contributed by atoms with E-state index in [1.165, 1.54) is 18.4 Å². The minimum absolute atomic E-state index is 0.412. The maximum atomic E-state index is 12.3. The summed E-state index contributed by atoms with van der Waals surface area (Å²) in [5, 5.41) is 7.79. The number of nitrogens with one attached hydrogen (secondary N) is 2. The van der Waals surface area contributed by atoms with E-state index in [4.69, 9.17) is 18.9 Å². The molecule has 0 aliphatic rings. The maximum absolute atomic E-state index is 12.3. The highest BCUT2D eigenvalue weighted by molar-refractivity contribution is 7.14. The second-order valence-corrected chi connectivity index (χ2v) is 6.61. The Labute approximate surface area is 172 Å². The summed E-state index contributed by atoms with van der Waals surface area (Å²) >= 11 is 1.32. The molecule has 0 fully saturated rings. The Bertz CT molecular complexity index is 1010. The molecule has 0 spiro atoms. The van der Waals surface area contributed by atoms with Crippen molar-refractivity contribution in [3.63, 3.8) is 0 Å². The van der Waals surface area contributed by atoms with Crippen molar-refractivity contribution >= 4 is 28.2 Å². The van der Waals surface area contributed by atoms with Crippen LogP contribution >= 0.6 is 11.3 Å². The molecule has 0 aliphatic carbocycles. The third-order valence-electron chi connectivity index (χ3n) is 4.05. The van der Waals surface area contributed by atoms with E-state index in [0.29, 0.717) is 33.8 Å². The zero-order chi connectivity index (χ0) is 20.8. The average Bonchev–Trinajstić information content (AvgIpc) is 3.21. The lowest BCUT2D eigenvalue weighted by Gasteiger charge is -2.10. The van der Waals surface area contributed by atoms with E-state index < -0.39 is 6.03 Å². The molecule has 2 aromatic carbocycles. The number of aromatic nitrogens is 1. The van der Waals surface area contributed by atoms with Crippen molar-refractivity contribution in [2.45, 2.75) is 0 Å². The lowest BCUT2D eigenvalue weighted by molar-refractivity contribution is 0.262. The second-order valence-electron chi connectivity index (χ2n) is 5.76. The lowest BCUT2D eigenvalue weighted by atomic mass is 10.1. The highest BCUT2D eigenvalue weighted by Gasteiger charge is 2.12. The average molecular weight is 415 g/mol. The normalized spacial score (nSPS) is 10.2. The number of benzene rings is 2. The molecular weight excluding hydrogens is 394 g/mol. The number of anilines is 2. The molecule has 0 saturated carbocycles. The van der Waals surface area contributed by atoms with Crippen molar-refractivity contribution in [2.75, 3.05) is 39.1 Å². The van der Waals surface area contributed by atoms with E-state index in [0.717, 1.165) is 11.3 Å². The van der Waals surface area contributed by atoms with Crippen LogP contribution in [0.15, 0.2) is 41.8 Å². The molecule has 0 bridgehead atoms. The summed E-state index contributed by atoms with van der Waals surface area (Å²) in [4.78, 5) is 16.8. The fraction of sp³-hybridized carbons (Fsp3) is 0.200. The standard InChI is InChI=1S/C20H21N3O5S/c1-25-15-7-5-12(9-17(15)27-3)14-11-29-20(22-14)23-19(24)21-13-6-8-16(26-2)18(10-13)28-4/h5-11H,1-4H3,(H2,21,22,23,24). The highest BCUT2D eigenvalue weighted by Crippen LogP contribution is 2.34. The quantitative estimate of drug-likeness (QED) is 0.591. The number of rotatable bonds is 7. The molecule has 2 N–H and O–H groups in total. The maximum Gasteiger partial charge on any atom is 0.325 e. The van der Waals surface area contributed by atoms with Crippen LogP contribution in [0.4, 0.5) is 15.6 Å². The fourth-order valence-electron chi connectivity index (χ4n) is 2.63. The summed E-state index contributed by atoms with van der Waals surface area (Å²) in [6, 6.07) is 10.2. The molecule has 3 aromatic rings. The molecule has 2 amide bonds. The predicted octanol–water partition coefficient (Wildman–Crippen LogP) is 4.49. The first-order chi connectivity index (χ1) is 14.1. The van der Waals surface area contributed by atoms with E-state index >= 15 is 0 Å². The molecule has 0 saturated heterocycles. The Morgan fingerprint density at radius 3 is 2.10 bits per heavy atom. The Balaban J connectivity index is 1.69. The number of urea groups is 1. The van der Waals surface area contributed by atoms with Crippen LogP contribution in [0.1, 0.15) is 0 Å². The van der Waals surface area contributed by atoms with Crippen LogP contribution in [0.25, 0.3) is 11.3 Å². The summed E-state index contributed by atoms with van der Waals surface area (Å²) in [6.07, 6.45) is 0. The van der Waals surface area contributed by atoms with Crippen molar-refractivity contribution in [1.82, 2.24) is 4.98 Å². The SMILES string of the molecule is COc1ccc(NC(=O)Nc2nc(-c3ccc(OC)c(OC)c3)cs2)cc1OC. The summed E-state index contributed by atoms with van der Waals surface area (Å²) in [5.41, 5.74) is 2.14. The van der Waals surface area contributed by atoms with Crippen LogP contribution in [-0.2, 0) is 0 Å². The first kappa shape index (κ1) is 20.3. The van der Waals surface area contributed by atoms with Gasteiger partial charge in [0, 0.05) is 22.7 Å². The highest BCUT2D eigenvalue weighted by atomic mass is 32.1. The first-order valence-corrected chi connectivity index (χ1v) is 9.44. The molecule has 3 rings (SSSR count). The van der Waals surface area contributed by atoms with E-state index in [-0.39, 0.29) is 0 Å². The van der Waals surface area contributed by atoms with Crippen LogP contribution in [-0.4, -0.2) is 39.5 Å². The minimum Gasteiger partial charge on any atom is -0.493 e. The Hall–Kier alpha value is -3.46. The zero-order valence-corrected chi connectivity index (χ0v) is 17.3. The van der Waals surface area contributed by atoms with Gasteiger partial charge in [0.25, 0.3) is 0 Å². The van der Waals surface area contributed by atoms with Crippen molar-refractivity contribution < 1.29 is 23.7 Å². The number of nitrogens with zero attached hydrogens (tertiary/aromatic N) is 1. The molecule has 152 valence electrons. The van der Waals surface area contributed by atoms with Crippen LogP contribution in [0.2, 0.25) is 0 Å². The van der Waals surface area contributed by atoms with Crippen LogP contribution in [0, 0.1) is 0 Å². The van der Waals surface area contributed by atoms with E-state index in [9.17, 15) is 4.79 Å². The Morgan fingerprint density at radius 1 is 0.828 bits per heavy atom. The third-order valence-corrected chi connectivity index (χ3v) is 4.80. The number of ether oxygens (including phenoxy) is 4. The van der Waals surface area contributed by atoms with Gasteiger partial charge < -0.3 is 24.3 Å². The molecule has 0 radical (unpaired) electrons. The van der Waals surface area contributed by atoms with Gasteiger partial charge in [-0.1, -0.05) is 0 Å². The van der Waals surface area contributed by atoms with Gasteiger partial charge in [0.05, 0.1) is 34.1 Å². The van der Waals surface area contributed by atoms with Gasteiger partial charge in [-0.2, -0.15) is 0 Å². The van der Waals surface area contributed by atoms with E-state index in [1.807, 2.05) is 23.6 Å². The van der Waals surface area contributed by atoms with Crippen molar-refractivity contribution in [3.05, 3.63) is 41.8 Å². The molecule has 0 unspecified atom stereocenters. The zero-order valence-electron chi connectivity index (χ0n) is 16.4. The number of carbonyl (C=O) groups is 1. The number of methoxy groups -OCH3 is 4. The molecule has 0 atom stereocenters. The largest absolute Gasteiger partial charge is 0.493 e. The molecular formula is C20H21N3O5S. The molecule has 0 aliphatic heterocycles. The van der Waals surface area contributed by atoms with Crippen molar-refractivity contribution in [1.29, 1.82) is 0 Å². The van der Waals surface area contributed by atoms with Gasteiger partial charge in [-0.25, -0.2) is 9.78 Å². The van der Waals surface area contributed by atoms with Crippen LogP contribution in [0.5, 0.6) is 23.0 Å². The fourth-order valence-corrected chi connectivity index (χ4v) is 3.35. The molecule has 1 heterocycles. The molecule has 8 nitrogen and oxygen atoms in total. The smallest absolute Gasteiger partial charge is 0.325 e. The van der Waals surface area contributed by atoms with E-state index in [2.05, 4.69) is 15.6 Å². The van der Waals surface area contributed by atoms with Gasteiger partial charge in [0.2, 0.25) is 0 Å². The summed E-state index contributed by atoms with van der Waals surface area (Å²) in [5.74, 6) is 2.35. The lowest BCUT2D eigenvalue weighted by Crippen LogP contribution is -2.19. The topological polar surface area (TPSA) is 90.9 Å². The van der Waals surface area contributed by atoms with Crippen molar-refractivity contribution in [2.24, 2.45) is 0 Å². The Morgan fingerprint density at radius 2 is 1.45 bits per heavy atom. The van der Waals surface area contributed by atoms with Crippen LogP contribution < -0.4 is 29.6 Å². The van der Waals surface area contributed by atoms with Gasteiger partial charge in [-0.05, 0) is 30.3 Å². The van der Waals surface area contributed by atoms with Gasteiger partial charge in [-0.15, -0.1) is 11.3 Å². The second kappa shape index (κ2) is 9.16. The third kappa shape index (κ3) is 4.69. The number of thiazole rings is 1. The summed E-state index contributed by atoms with van der Waals surface area (Å²) in [6.45, 7) is 0. The van der Waals surface area contributed by atoms with E-state index in [1.54, 1.807) is 39.5 Å². The van der Waals surface area contributed by atoms with Crippen molar-refractivity contribution in [3.8, 4) is 34.3 Å². The predicted molar refractivity (Wildman–Crippen MR) is 113 cm³/mol. The Kier molecular flexibility index (Phi) is 6.40. The number of hydrogen-bond acceptors (Lipinski definition) is 7. The molecule has 29 heavy (non-hydrogen) atoms. The van der Waals surface area contributed by atoms with Gasteiger partial charge in [-0.3, -0.25) is 5.32 Å². The number of amides is 2.